The Hall–Kier alpha value is -3.64. The van der Waals surface area contributed by atoms with Crippen LogP contribution in [0.25, 0.3) is 27.7 Å². The summed E-state index contributed by atoms with van der Waals surface area (Å²) in [5.41, 5.74) is 5.19. The molecule has 2 aromatic carbocycles. The van der Waals surface area contributed by atoms with Crippen molar-refractivity contribution < 1.29 is 14.3 Å². The highest BCUT2D eigenvalue weighted by atomic mass is 16.5. The molecule has 0 unspecified atom stereocenters. The molecule has 4 aromatic rings. The van der Waals surface area contributed by atoms with Crippen molar-refractivity contribution in [1.29, 1.82) is 0 Å². The number of nitrogens with zero attached hydrogens (tertiary/aromatic N) is 3. The topological polar surface area (TPSA) is 56.6 Å². The lowest BCUT2D eigenvalue weighted by Gasteiger charge is -2.16. The summed E-state index contributed by atoms with van der Waals surface area (Å²) in [6.07, 6.45) is 3.56. The van der Waals surface area contributed by atoms with Crippen LogP contribution in [0, 0.1) is 0 Å². The minimum Gasteiger partial charge on any atom is -0.496 e. The molecule has 164 valence electrons. The molecule has 4 rings (SSSR count). The van der Waals surface area contributed by atoms with E-state index in [1.807, 2.05) is 75.7 Å². The largest absolute Gasteiger partial charge is 0.496 e. The molecule has 0 aliphatic carbocycles. The van der Waals surface area contributed by atoms with E-state index >= 15 is 0 Å². The Morgan fingerprint density at radius 1 is 1.09 bits per heavy atom. The average Bonchev–Trinajstić information content (AvgIpc) is 3.11. The highest BCUT2D eigenvalue weighted by Crippen LogP contribution is 2.39. The molecule has 0 bridgehead atoms. The van der Waals surface area contributed by atoms with Gasteiger partial charge in [-0.2, -0.15) is 0 Å². The molecule has 2 heterocycles. The zero-order valence-corrected chi connectivity index (χ0v) is 18.8. The molecule has 0 spiro atoms. The van der Waals surface area contributed by atoms with Crippen molar-refractivity contribution in [3.8, 4) is 22.6 Å². The highest BCUT2D eigenvalue weighted by Gasteiger charge is 2.26. The van der Waals surface area contributed by atoms with Gasteiger partial charge in [0.05, 0.1) is 30.5 Å². The first-order chi connectivity index (χ1) is 15.5. The fourth-order valence-corrected chi connectivity index (χ4v) is 4.04. The van der Waals surface area contributed by atoms with Crippen LogP contribution in [0.3, 0.4) is 0 Å². The van der Waals surface area contributed by atoms with Crippen LogP contribution in [-0.2, 0) is 11.3 Å². The van der Waals surface area contributed by atoms with E-state index in [4.69, 9.17) is 9.47 Å². The van der Waals surface area contributed by atoms with Gasteiger partial charge in [-0.05, 0) is 51.4 Å². The summed E-state index contributed by atoms with van der Waals surface area (Å²) >= 11 is 0. The van der Waals surface area contributed by atoms with E-state index in [1.165, 1.54) is 0 Å². The van der Waals surface area contributed by atoms with Crippen LogP contribution in [0.15, 0.2) is 67.0 Å². The van der Waals surface area contributed by atoms with Crippen LogP contribution in [-0.4, -0.2) is 48.2 Å². The molecule has 6 heteroatoms. The van der Waals surface area contributed by atoms with Gasteiger partial charge in [0.1, 0.15) is 5.75 Å². The SMILES string of the molecule is CCOC(=O)c1c(CN(C)C)n(-c2ccccc2)c2cc(-c3cccnc3)c(OC)cc12. The maximum Gasteiger partial charge on any atom is 0.340 e. The Balaban J connectivity index is 2.12. The van der Waals surface area contributed by atoms with E-state index in [-0.39, 0.29) is 5.97 Å². The standard InChI is InChI=1S/C26H27N3O3/c1-5-32-26(30)25-21-15-24(31-4)20(18-10-9-13-27-16-18)14-22(21)29(23(25)17-28(2)3)19-11-7-6-8-12-19/h6-16H,5,17H2,1-4H3. The number of esters is 1. The van der Waals surface area contributed by atoms with Gasteiger partial charge in [-0.3, -0.25) is 4.98 Å². The molecular formula is C26H27N3O3. The number of carbonyl (C=O) groups excluding carboxylic acids is 1. The smallest absolute Gasteiger partial charge is 0.340 e. The number of hydrogen-bond donors (Lipinski definition) is 0. The van der Waals surface area contributed by atoms with Gasteiger partial charge in [-0.15, -0.1) is 0 Å². The lowest BCUT2D eigenvalue weighted by molar-refractivity contribution is 0.0526. The second-order valence-electron chi connectivity index (χ2n) is 7.76. The summed E-state index contributed by atoms with van der Waals surface area (Å²) in [6, 6.07) is 18.0. The molecule has 2 aromatic heterocycles. The maximum atomic E-state index is 13.2. The summed E-state index contributed by atoms with van der Waals surface area (Å²) in [4.78, 5) is 19.5. The lowest BCUT2D eigenvalue weighted by Crippen LogP contribution is -2.17. The van der Waals surface area contributed by atoms with E-state index in [0.29, 0.717) is 24.5 Å². The molecule has 0 atom stereocenters. The number of fused-ring (bicyclic) bond motifs is 1. The number of rotatable bonds is 7. The van der Waals surface area contributed by atoms with Gasteiger partial charge in [0, 0.05) is 41.1 Å². The molecule has 0 amide bonds. The fraction of sp³-hybridized carbons (Fsp3) is 0.231. The summed E-state index contributed by atoms with van der Waals surface area (Å²) in [5.74, 6) is 0.345. The maximum absolute atomic E-state index is 13.2. The minimum atomic E-state index is -0.333. The van der Waals surface area contributed by atoms with E-state index < -0.39 is 0 Å². The number of aromatic nitrogens is 2. The summed E-state index contributed by atoms with van der Waals surface area (Å²) in [5, 5.41) is 0.800. The number of benzene rings is 2. The second-order valence-corrected chi connectivity index (χ2v) is 7.76. The van der Waals surface area contributed by atoms with Crippen molar-refractivity contribution in [2.45, 2.75) is 13.5 Å². The van der Waals surface area contributed by atoms with Crippen molar-refractivity contribution >= 4 is 16.9 Å². The zero-order valence-electron chi connectivity index (χ0n) is 18.8. The highest BCUT2D eigenvalue weighted by molar-refractivity contribution is 6.08. The molecular weight excluding hydrogens is 402 g/mol. The molecule has 0 fully saturated rings. The Morgan fingerprint density at radius 3 is 2.50 bits per heavy atom. The second kappa shape index (κ2) is 9.24. The normalized spacial score (nSPS) is 11.2. The number of para-hydroxylation sites is 1. The summed E-state index contributed by atoms with van der Waals surface area (Å²) in [6.45, 7) is 2.70. The third kappa shape index (κ3) is 3.97. The predicted molar refractivity (Wildman–Crippen MR) is 126 cm³/mol. The first-order valence-electron chi connectivity index (χ1n) is 10.6. The van der Waals surface area contributed by atoms with E-state index in [0.717, 1.165) is 33.4 Å². The quantitative estimate of drug-likeness (QED) is 0.390. The van der Waals surface area contributed by atoms with Crippen LogP contribution in [0.2, 0.25) is 0 Å². The van der Waals surface area contributed by atoms with E-state index in [1.54, 1.807) is 13.3 Å². The Kier molecular flexibility index (Phi) is 6.23. The fourth-order valence-electron chi connectivity index (χ4n) is 4.04. The average molecular weight is 430 g/mol. The first kappa shape index (κ1) is 21.6. The van der Waals surface area contributed by atoms with E-state index in [9.17, 15) is 4.79 Å². The third-order valence-corrected chi connectivity index (χ3v) is 5.32. The molecule has 0 saturated carbocycles. The molecule has 32 heavy (non-hydrogen) atoms. The molecule has 6 nitrogen and oxygen atoms in total. The van der Waals surface area contributed by atoms with Crippen LogP contribution >= 0.6 is 0 Å². The molecule has 0 aliphatic rings. The van der Waals surface area contributed by atoms with Crippen molar-refractivity contribution in [2.75, 3.05) is 27.8 Å². The number of hydrogen-bond acceptors (Lipinski definition) is 5. The van der Waals surface area contributed by atoms with Crippen LogP contribution in [0.5, 0.6) is 5.75 Å². The Bertz CT molecular complexity index is 1230. The molecule has 0 saturated heterocycles. The zero-order chi connectivity index (χ0) is 22.7. The number of pyridine rings is 1. The number of methoxy groups -OCH3 is 1. The van der Waals surface area contributed by atoms with Gasteiger partial charge < -0.3 is 18.9 Å². The van der Waals surface area contributed by atoms with Gasteiger partial charge in [0.15, 0.2) is 0 Å². The van der Waals surface area contributed by atoms with Crippen molar-refractivity contribution in [1.82, 2.24) is 14.5 Å². The van der Waals surface area contributed by atoms with Gasteiger partial charge in [-0.1, -0.05) is 24.3 Å². The summed E-state index contributed by atoms with van der Waals surface area (Å²) < 4.78 is 13.4. The van der Waals surface area contributed by atoms with Gasteiger partial charge in [0.2, 0.25) is 0 Å². The van der Waals surface area contributed by atoms with Crippen molar-refractivity contribution in [3.05, 3.63) is 78.2 Å². The number of ether oxygens (including phenoxy) is 2. The lowest BCUT2D eigenvalue weighted by atomic mass is 10.0. The van der Waals surface area contributed by atoms with E-state index in [2.05, 4.69) is 20.5 Å². The van der Waals surface area contributed by atoms with Crippen molar-refractivity contribution in [2.24, 2.45) is 0 Å². The minimum absolute atomic E-state index is 0.309. The predicted octanol–water partition coefficient (Wildman–Crippen LogP) is 4.94. The summed E-state index contributed by atoms with van der Waals surface area (Å²) in [7, 11) is 5.62. The Labute approximate surface area is 188 Å². The molecule has 0 N–H and O–H groups in total. The number of carbonyl (C=O) groups is 1. The molecule has 0 aliphatic heterocycles. The van der Waals surface area contributed by atoms with Gasteiger partial charge >= 0.3 is 5.97 Å². The monoisotopic (exact) mass is 429 g/mol. The van der Waals surface area contributed by atoms with Crippen LogP contribution in [0.1, 0.15) is 23.0 Å². The molecule has 0 radical (unpaired) electrons. The van der Waals surface area contributed by atoms with Gasteiger partial charge in [-0.25, -0.2) is 4.79 Å². The van der Waals surface area contributed by atoms with Crippen molar-refractivity contribution in [3.63, 3.8) is 0 Å². The first-order valence-corrected chi connectivity index (χ1v) is 10.6. The third-order valence-electron chi connectivity index (χ3n) is 5.32. The van der Waals surface area contributed by atoms with Gasteiger partial charge in [0.25, 0.3) is 0 Å². The van der Waals surface area contributed by atoms with Crippen LogP contribution in [0.4, 0.5) is 0 Å². The van der Waals surface area contributed by atoms with Crippen LogP contribution < -0.4 is 4.74 Å². The Morgan fingerprint density at radius 2 is 1.88 bits per heavy atom.